The summed E-state index contributed by atoms with van der Waals surface area (Å²) in [5.74, 6) is 0.913. The highest BCUT2D eigenvalue weighted by molar-refractivity contribution is 5.93. The van der Waals surface area contributed by atoms with E-state index >= 15 is 0 Å². The first-order valence-corrected chi connectivity index (χ1v) is 6.11. The molecule has 2 heterocycles. The van der Waals surface area contributed by atoms with Crippen LogP contribution in [0.1, 0.15) is 18.5 Å². The summed E-state index contributed by atoms with van der Waals surface area (Å²) in [6.45, 7) is 3.11. The van der Waals surface area contributed by atoms with Gasteiger partial charge in [-0.05, 0) is 31.9 Å². The van der Waals surface area contributed by atoms with E-state index in [0.29, 0.717) is 18.2 Å². The number of aromatic nitrogens is 1. The van der Waals surface area contributed by atoms with E-state index in [1.807, 2.05) is 13.0 Å². The Hall–Kier alpha value is -1.62. The number of rotatable bonds is 3. The van der Waals surface area contributed by atoms with Gasteiger partial charge in [0, 0.05) is 12.3 Å². The summed E-state index contributed by atoms with van der Waals surface area (Å²) in [7, 11) is 1.56. The van der Waals surface area contributed by atoms with Crippen molar-refractivity contribution in [3.63, 3.8) is 0 Å². The lowest BCUT2D eigenvalue weighted by Gasteiger charge is -2.21. The lowest BCUT2D eigenvalue weighted by Crippen LogP contribution is -2.30. The largest absolute Gasteiger partial charge is 0.493 e. The van der Waals surface area contributed by atoms with Crippen LogP contribution in [0.2, 0.25) is 0 Å². The van der Waals surface area contributed by atoms with Crippen LogP contribution in [0.15, 0.2) is 12.1 Å². The Morgan fingerprint density at radius 1 is 1.56 bits per heavy atom. The molecule has 2 rings (SSSR count). The molecule has 1 aromatic heterocycles. The van der Waals surface area contributed by atoms with Gasteiger partial charge in [-0.25, -0.2) is 4.98 Å². The molecular formula is C13H18N2O3. The van der Waals surface area contributed by atoms with E-state index in [1.54, 1.807) is 13.2 Å². The molecule has 1 aliphatic heterocycles. The van der Waals surface area contributed by atoms with Crippen molar-refractivity contribution in [1.29, 1.82) is 0 Å². The number of amides is 1. The minimum Gasteiger partial charge on any atom is -0.493 e. The summed E-state index contributed by atoms with van der Waals surface area (Å²) in [4.78, 5) is 16.3. The van der Waals surface area contributed by atoms with Crippen LogP contribution in [0.4, 0.5) is 5.82 Å². The third-order valence-corrected chi connectivity index (χ3v) is 2.99. The van der Waals surface area contributed by atoms with Crippen molar-refractivity contribution in [3.05, 3.63) is 17.8 Å². The predicted molar refractivity (Wildman–Crippen MR) is 67.7 cm³/mol. The van der Waals surface area contributed by atoms with Gasteiger partial charge in [-0.15, -0.1) is 0 Å². The molecule has 18 heavy (non-hydrogen) atoms. The molecule has 0 bridgehead atoms. The maximum absolute atomic E-state index is 12.1. The highest BCUT2D eigenvalue weighted by atomic mass is 16.5. The molecule has 0 spiro atoms. The van der Waals surface area contributed by atoms with Gasteiger partial charge in [-0.3, -0.25) is 4.79 Å². The van der Waals surface area contributed by atoms with Crippen LogP contribution in [0, 0.1) is 12.8 Å². The van der Waals surface area contributed by atoms with E-state index < -0.39 is 0 Å². The van der Waals surface area contributed by atoms with Crippen molar-refractivity contribution in [3.8, 4) is 5.75 Å². The van der Waals surface area contributed by atoms with Crippen LogP contribution in [-0.2, 0) is 9.53 Å². The first-order valence-electron chi connectivity index (χ1n) is 6.11. The molecule has 1 amide bonds. The minimum absolute atomic E-state index is 0.0499. The molecular weight excluding hydrogens is 232 g/mol. The third kappa shape index (κ3) is 2.98. The molecule has 5 nitrogen and oxygen atoms in total. The van der Waals surface area contributed by atoms with Crippen molar-refractivity contribution >= 4 is 11.7 Å². The molecule has 0 unspecified atom stereocenters. The summed E-state index contributed by atoms with van der Waals surface area (Å²) in [6.07, 6.45) is 1.79. The molecule has 5 heteroatoms. The van der Waals surface area contributed by atoms with Crippen LogP contribution in [0.5, 0.6) is 5.75 Å². The van der Waals surface area contributed by atoms with E-state index in [2.05, 4.69) is 10.3 Å². The number of carbonyl (C=O) groups is 1. The van der Waals surface area contributed by atoms with Crippen molar-refractivity contribution < 1.29 is 14.3 Å². The van der Waals surface area contributed by atoms with Crippen LogP contribution in [0.25, 0.3) is 0 Å². The number of methoxy groups -OCH3 is 1. The van der Waals surface area contributed by atoms with E-state index in [1.165, 1.54) is 0 Å². The molecule has 1 fully saturated rings. The fourth-order valence-corrected chi connectivity index (χ4v) is 1.96. The summed E-state index contributed by atoms with van der Waals surface area (Å²) in [5, 5.41) is 2.82. The lowest BCUT2D eigenvalue weighted by atomic mass is 10.0. The monoisotopic (exact) mass is 250 g/mol. The maximum atomic E-state index is 12.1. The van der Waals surface area contributed by atoms with Gasteiger partial charge in [0.05, 0.1) is 19.6 Å². The molecule has 0 radical (unpaired) electrons. The first kappa shape index (κ1) is 12.8. The molecule has 0 aromatic carbocycles. The molecule has 1 atom stereocenters. The van der Waals surface area contributed by atoms with Crippen molar-refractivity contribution in [1.82, 2.24) is 4.98 Å². The molecule has 1 aromatic rings. The maximum Gasteiger partial charge on any atom is 0.231 e. The number of anilines is 1. The number of carbonyl (C=O) groups excluding carboxylic acids is 1. The number of pyridine rings is 1. The Morgan fingerprint density at radius 3 is 3.06 bits per heavy atom. The van der Waals surface area contributed by atoms with Crippen molar-refractivity contribution in [2.45, 2.75) is 19.8 Å². The van der Waals surface area contributed by atoms with Gasteiger partial charge in [-0.2, -0.15) is 0 Å². The normalized spacial score (nSPS) is 19.3. The van der Waals surface area contributed by atoms with Crippen molar-refractivity contribution in [2.75, 3.05) is 25.6 Å². The third-order valence-electron chi connectivity index (χ3n) is 2.99. The number of aryl methyl sites for hydroxylation is 1. The molecule has 0 saturated carbocycles. The van der Waals surface area contributed by atoms with Crippen LogP contribution in [0.3, 0.4) is 0 Å². The fraction of sp³-hybridized carbons (Fsp3) is 0.538. The highest BCUT2D eigenvalue weighted by Gasteiger charge is 2.23. The van der Waals surface area contributed by atoms with Gasteiger partial charge in [0.1, 0.15) is 0 Å². The van der Waals surface area contributed by atoms with Gasteiger partial charge in [0.15, 0.2) is 11.6 Å². The second-order valence-corrected chi connectivity index (χ2v) is 4.41. The van der Waals surface area contributed by atoms with Crippen LogP contribution in [-0.4, -0.2) is 31.2 Å². The van der Waals surface area contributed by atoms with E-state index in [4.69, 9.17) is 9.47 Å². The van der Waals surface area contributed by atoms with Crippen LogP contribution >= 0.6 is 0 Å². The minimum atomic E-state index is -0.0919. The standard InChI is InChI=1S/C13H18N2O3/c1-9-5-6-11(17-2)12(14-9)15-13(16)10-4-3-7-18-8-10/h5-6,10H,3-4,7-8H2,1-2H3,(H,14,15,16)/t10-/m0/s1. The van der Waals surface area contributed by atoms with Gasteiger partial charge in [0.25, 0.3) is 0 Å². The van der Waals surface area contributed by atoms with Gasteiger partial charge < -0.3 is 14.8 Å². The Balaban J connectivity index is 2.07. The quantitative estimate of drug-likeness (QED) is 0.888. The average molecular weight is 250 g/mol. The zero-order valence-corrected chi connectivity index (χ0v) is 10.7. The molecule has 1 aliphatic rings. The zero-order chi connectivity index (χ0) is 13.0. The van der Waals surface area contributed by atoms with Gasteiger partial charge in [0.2, 0.25) is 5.91 Å². The molecule has 1 N–H and O–H groups in total. The summed E-state index contributed by atoms with van der Waals surface area (Å²) in [5.41, 5.74) is 0.839. The van der Waals surface area contributed by atoms with E-state index in [0.717, 1.165) is 25.1 Å². The fourth-order valence-electron chi connectivity index (χ4n) is 1.96. The molecule has 98 valence electrons. The Morgan fingerprint density at radius 2 is 2.39 bits per heavy atom. The summed E-state index contributed by atoms with van der Waals surface area (Å²) >= 11 is 0. The predicted octanol–water partition coefficient (Wildman–Crippen LogP) is 1.76. The van der Waals surface area contributed by atoms with E-state index in [-0.39, 0.29) is 11.8 Å². The number of hydrogen-bond donors (Lipinski definition) is 1. The second-order valence-electron chi connectivity index (χ2n) is 4.41. The second kappa shape index (κ2) is 5.82. The highest BCUT2D eigenvalue weighted by Crippen LogP contribution is 2.23. The molecule has 1 saturated heterocycles. The Kier molecular flexibility index (Phi) is 4.15. The Labute approximate surface area is 107 Å². The number of nitrogens with one attached hydrogen (secondary N) is 1. The number of hydrogen-bond acceptors (Lipinski definition) is 4. The summed E-state index contributed by atoms with van der Waals surface area (Å²) in [6, 6.07) is 3.65. The van der Waals surface area contributed by atoms with E-state index in [9.17, 15) is 4.79 Å². The zero-order valence-electron chi connectivity index (χ0n) is 10.7. The average Bonchev–Trinajstić information content (AvgIpc) is 2.40. The smallest absolute Gasteiger partial charge is 0.231 e. The summed E-state index contributed by atoms with van der Waals surface area (Å²) < 4.78 is 10.5. The lowest BCUT2D eigenvalue weighted by molar-refractivity contribution is -0.123. The number of ether oxygens (including phenoxy) is 2. The van der Waals surface area contributed by atoms with Gasteiger partial charge >= 0.3 is 0 Å². The van der Waals surface area contributed by atoms with Gasteiger partial charge in [-0.1, -0.05) is 0 Å². The Bertz CT molecular complexity index is 428. The SMILES string of the molecule is COc1ccc(C)nc1NC(=O)[C@H]1CCCOC1. The number of nitrogens with zero attached hydrogens (tertiary/aromatic N) is 1. The van der Waals surface area contributed by atoms with Crippen molar-refractivity contribution in [2.24, 2.45) is 5.92 Å². The first-order chi connectivity index (χ1) is 8.70. The molecule has 0 aliphatic carbocycles. The topological polar surface area (TPSA) is 60.5 Å². The van der Waals surface area contributed by atoms with Crippen LogP contribution < -0.4 is 10.1 Å².